The molecule has 110 valence electrons. The Morgan fingerprint density at radius 1 is 1.33 bits per heavy atom. The number of hydrogen-bond donors (Lipinski definition) is 1. The van der Waals surface area contributed by atoms with E-state index in [2.05, 4.69) is 15.3 Å². The summed E-state index contributed by atoms with van der Waals surface area (Å²) in [5, 5.41) is 2.44. The molecule has 0 radical (unpaired) electrons. The number of carbonyl (C=O) groups is 1. The highest BCUT2D eigenvalue weighted by Crippen LogP contribution is 2.25. The summed E-state index contributed by atoms with van der Waals surface area (Å²) in [6, 6.07) is 4.05. The van der Waals surface area contributed by atoms with Gasteiger partial charge >= 0.3 is 6.01 Å². The van der Waals surface area contributed by atoms with Crippen LogP contribution in [0.15, 0.2) is 24.4 Å². The third-order valence-electron chi connectivity index (χ3n) is 2.55. The summed E-state index contributed by atoms with van der Waals surface area (Å²) in [5.41, 5.74) is -0.0975. The number of benzene rings is 1. The van der Waals surface area contributed by atoms with E-state index >= 15 is 0 Å². The molecule has 1 N–H and O–H groups in total. The minimum Gasteiger partial charge on any atom is -0.479 e. The molecule has 1 aromatic heterocycles. The van der Waals surface area contributed by atoms with Gasteiger partial charge in [-0.2, -0.15) is 4.98 Å². The summed E-state index contributed by atoms with van der Waals surface area (Å²) in [4.78, 5) is 19.8. The molecule has 0 aliphatic carbocycles. The van der Waals surface area contributed by atoms with Crippen LogP contribution in [0.25, 0.3) is 0 Å². The number of hydrogen-bond acceptors (Lipinski definition) is 5. The number of methoxy groups -OCH3 is 2. The quantitative estimate of drug-likeness (QED) is 0.939. The molecule has 21 heavy (non-hydrogen) atoms. The lowest BCUT2D eigenvalue weighted by molar-refractivity contribution is 0.102. The predicted octanol–water partition coefficient (Wildman–Crippen LogP) is 2.54. The molecule has 0 fully saturated rings. The molecule has 0 aliphatic heterocycles. The Morgan fingerprint density at radius 3 is 2.71 bits per heavy atom. The van der Waals surface area contributed by atoms with Gasteiger partial charge in [0.05, 0.1) is 31.0 Å². The fourth-order valence-electron chi connectivity index (χ4n) is 1.59. The van der Waals surface area contributed by atoms with E-state index in [1.165, 1.54) is 32.5 Å². The average Bonchev–Trinajstić information content (AvgIpc) is 2.47. The first kappa shape index (κ1) is 15.0. The van der Waals surface area contributed by atoms with Crippen LogP contribution < -0.4 is 14.8 Å². The molecule has 0 saturated carbocycles. The van der Waals surface area contributed by atoms with Crippen molar-refractivity contribution < 1.29 is 18.7 Å². The zero-order valence-corrected chi connectivity index (χ0v) is 11.9. The van der Waals surface area contributed by atoms with Gasteiger partial charge in [-0.3, -0.25) is 4.79 Å². The number of nitrogens with one attached hydrogen (secondary N) is 1. The number of aromatic nitrogens is 2. The number of amides is 1. The molecule has 0 aliphatic rings. The van der Waals surface area contributed by atoms with Crippen molar-refractivity contribution in [2.24, 2.45) is 0 Å². The molecule has 1 heterocycles. The van der Waals surface area contributed by atoms with Crippen molar-refractivity contribution in [2.75, 3.05) is 19.5 Å². The smallest absolute Gasteiger partial charge is 0.319 e. The Morgan fingerprint density at radius 2 is 2.10 bits per heavy atom. The van der Waals surface area contributed by atoms with E-state index in [9.17, 15) is 9.18 Å². The topological polar surface area (TPSA) is 73.3 Å². The molecule has 2 rings (SSSR count). The molecule has 1 amide bonds. The first-order valence-corrected chi connectivity index (χ1v) is 6.15. The van der Waals surface area contributed by atoms with Crippen LogP contribution in [0.3, 0.4) is 0 Å². The van der Waals surface area contributed by atoms with Crippen molar-refractivity contribution >= 4 is 23.2 Å². The zero-order chi connectivity index (χ0) is 15.4. The van der Waals surface area contributed by atoms with E-state index in [1.54, 1.807) is 0 Å². The lowest BCUT2D eigenvalue weighted by atomic mass is 10.2. The molecule has 0 atom stereocenters. The van der Waals surface area contributed by atoms with Crippen molar-refractivity contribution in [1.82, 2.24) is 9.97 Å². The Kier molecular flexibility index (Phi) is 4.54. The zero-order valence-electron chi connectivity index (χ0n) is 11.2. The van der Waals surface area contributed by atoms with Crippen molar-refractivity contribution in [3.8, 4) is 11.9 Å². The first-order valence-electron chi connectivity index (χ1n) is 5.77. The lowest BCUT2D eigenvalue weighted by Gasteiger charge is -2.10. The average molecular weight is 312 g/mol. The summed E-state index contributed by atoms with van der Waals surface area (Å²) in [6.07, 6.45) is 1.29. The Balaban J connectivity index is 2.32. The van der Waals surface area contributed by atoms with E-state index in [1.807, 2.05) is 0 Å². The van der Waals surface area contributed by atoms with Gasteiger partial charge in [0.25, 0.3) is 5.91 Å². The second kappa shape index (κ2) is 6.36. The maximum atomic E-state index is 13.7. The fourth-order valence-corrected chi connectivity index (χ4v) is 1.84. The van der Waals surface area contributed by atoms with Crippen molar-refractivity contribution in [3.05, 3.63) is 40.8 Å². The van der Waals surface area contributed by atoms with Crippen molar-refractivity contribution in [2.45, 2.75) is 0 Å². The van der Waals surface area contributed by atoms with Crippen LogP contribution in [-0.4, -0.2) is 30.1 Å². The third-order valence-corrected chi connectivity index (χ3v) is 2.86. The van der Waals surface area contributed by atoms with Crippen LogP contribution in [0.4, 0.5) is 10.1 Å². The summed E-state index contributed by atoms with van der Waals surface area (Å²) in [5.74, 6) is -1.37. The van der Waals surface area contributed by atoms with Crippen LogP contribution in [-0.2, 0) is 0 Å². The lowest BCUT2D eigenvalue weighted by Crippen LogP contribution is -2.15. The molecule has 8 heteroatoms. The van der Waals surface area contributed by atoms with Gasteiger partial charge in [0.15, 0.2) is 0 Å². The van der Waals surface area contributed by atoms with Gasteiger partial charge in [-0.05, 0) is 12.1 Å². The van der Waals surface area contributed by atoms with Crippen LogP contribution in [0, 0.1) is 5.82 Å². The van der Waals surface area contributed by atoms with E-state index < -0.39 is 11.7 Å². The summed E-state index contributed by atoms with van der Waals surface area (Å²) >= 11 is 5.83. The highest BCUT2D eigenvalue weighted by atomic mass is 35.5. The Bertz CT molecular complexity index is 661. The highest BCUT2D eigenvalue weighted by molar-refractivity contribution is 6.34. The van der Waals surface area contributed by atoms with Crippen molar-refractivity contribution in [1.29, 1.82) is 0 Å². The second-order valence-corrected chi connectivity index (χ2v) is 4.24. The van der Waals surface area contributed by atoms with E-state index in [0.29, 0.717) is 0 Å². The summed E-state index contributed by atoms with van der Waals surface area (Å²) in [7, 11) is 2.76. The van der Waals surface area contributed by atoms with Gasteiger partial charge < -0.3 is 14.8 Å². The molecule has 0 spiro atoms. The van der Waals surface area contributed by atoms with Gasteiger partial charge in [0.1, 0.15) is 11.5 Å². The minimum atomic E-state index is -0.731. The monoisotopic (exact) mass is 311 g/mol. The minimum absolute atomic E-state index is 0.000830. The van der Waals surface area contributed by atoms with Crippen LogP contribution in [0.2, 0.25) is 5.02 Å². The number of nitrogens with zero attached hydrogens (tertiary/aromatic N) is 2. The molecular weight excluding hydrogens is 301 g/mol. The number of anilines is 1. The standard InChI is InChI=1S/C13H11ClFN3O3/c1-20-12-9(6-16-13(18-12)21-2)17-11(19)10-7(14)4-3-5-8(10)15/h3-6H,1-2H3,(H,17,19). The van der Waals surface area contributed by atoms with Crippen LogP contribution >= 0.6 is 11.6 Å². The number of halogens is 2. The van der Waals surface area contributed by atoms with E-state index in [0.717, 1.165) is 6.07 Å². The number of rotatable bonds is 4. The summed E-state index contributed by atoms with van der Waals surface area (Å²) in [6.45, 7) is 0. The van der Waals surface area contributed by atoms with Crippen molar-refractivity contribution in [3.63, 3.8) is 0 Å². The van der Waals surface area contributed by atoms with Gasteiger partial charge in [-0.15, -0.1) is 0 Å². The molecule has 0 saturated heterocycles. The second-order valence-electron chi connectivity index (χ2n) is 3.83. The van der Waals surface area contributed by atoms with Crippen LogP contribution in [0.5, 0.6) is 11.9 Å². The predicted molar refractivity (Wildman–Crippen MR) is 74.5 cm³/mol. The maximum absolute atomic E-state index is 13.7. The molecule has 6 nitrogen and oxygen atoms in total. The SMILES string of the molecule is COc1ncc(NC(=O)c2c(F)cccc2Cl)c(OC)n1. The van der Waals surface area contributed by atoms with Gasteiger partial charge in [-0.25, -0.2) is 9.37 Å². The van der Waals surface area contributed by atoms with E-state index in [4.69, 9.17) is 21.1 Å². The molecule has 0 bridgehead atoms. The van der Waals surface area contributed by atoms with Gasteiger partial charge in [-0.1, -0.05) is 17.7 Å². The van der Waals surface area contributed by atoms with Gasteiger partial charge in [0.2, 0.25) is 5.88 Å². The Labute approximate surface area is 124 Å². The third kappa shape index (κ3) is 3.19. The maximum Gasteiger partial charge on any atom is 0.319 e. The van der Waals surface area contributed by atoms with Gasteiger partial charge in [0, 0.05) is 0 Å². The number of ether oxygens (including phenoxy) is 2. The molecular formula is C13H11ClFN3O3. The molecule has 0 unspecified atom stereocenters. The fraction of sp³-hybridized carbons (Fsp3) is 0.154. The molecule has 2 aromatic rings. The normalized spacial score (nSPS) is 10.1. The first-order chi connectivity index (χ1) is 10.1. The van der Waals surface area contributed by atoms with Crippen LogP contribution in [0.1, 0.15) is 10.4 Å². The molecule has 1 aromatic carbocycles. The Hall–Kier alpha value is -2.41. The highest BCUT2D eigenvalue weighted by Gasteiger charge is 2.18. The van der Waals surface area contributed by atoms with E-state index in [-0.39, 0.29) is 28.2 Å². The summed E-state index contributed by atoms with van der Waals surface area (Å²) < 4.78 is 23.5. The number of carbonyl (C=O) groups excluding carboxylic acids is 1. The largest absolute Gasteiger partial charge is 0.479 e.